The van der Waals surface area contributed by atoms with E-state index in [9.17, 15) is 0 Å². The molecule has 4 rings (SSSR count). The van der Waals surface area contributed by atoms with Crippen molar-refractivity contribution in [2.45, 2.75) is 86.6 Å². The van der Waals surface area contributed by atoms with E-state index < -0.39 is 0 Å². The van der Waals surface area contributed by atoms with Gasteiger partial charge in [0, 0.05) is 57.4 Å². The Kier molecular flexibility index (Phi) is 21.0. The first-order valence-electron chi connectivity index (χ1n) is 15.7. The molecule has 1 aliphatic heterocycles. The largest absolute Gasteiger partial charge is 0.386 e. The van der Waals surface area contributed by atoms with Gasteiger partial charge < -0.3 is 20.9 Å². The smallest absolute Gasteiger partial charge is 0.154 e. The molecule has 8 heteroatoms. The zero-order valence-corrected chi connectivity index (χ0v) is 29.8. The standard InChI is InChI=1S/C10H15N3S.C10H19N.C9H11N3.C4H10.C2H6/c1-7(11-2)10-12-8-4-5-13(3)6-9(8)14-10;1-9(11(2)3)10-7-5-4-6-8-10;1-3-8(10)12-9-5-4-7(2)6-11-9;1-4(2)3;1-2/h11H,1,4-6H2,2-3H3;10H,1,4-8H2,2-3H3;3-6H,1H2,2H3,(H2,10,11,12);4H,1-3H3;1-2H3. The molecule has 0 amide bonds. The predicted molar refractivity (Wildman–Crippen MR) is 192 cm³/mol. The summed E-state index contributed by atoms with van der Waals surface area (Å²) in [5.74, 6) is 2.60. The fourth-order valence-electron chi connectivity index (χ4n) is 4.06. The molecule has 1 saturated carbocycles. The molecule has 0 spiro atoms. The van der Waals surface area contributed by atoms with Crippen molar-refractivity contribution in [3.63, 3.8) is 0 Å². The lowest BCUT2D eigenvalue weighted by Crippen LogP contribution is -2.25. The van der Waals surface area contributed by atoms with Crippen molar-refractivity contribution >= 4 is 28.7 Å². The first-order valence-corrected chi connectivity index (χ1v) is 16.5. The molecule has 0 atom stereocenters. The van der Waals surface area contributed by atoms with Crippen LogP contribution in [0, 0.1) is 18.8 Å². The van der Waals surface area contributed by atoms with Gasteiger partial charge in [0.1, 0.15) is 10.8 Å². The van der Waals surface area contributed by atoms with Crippen LogP contribution in [0.25, 0.3) is 5.70 Å². The Morgan fingerprint density at radius 2 is 1.77 bits per heavy atom. The molecule has 242 valence electrons. The third-order valence-electron chi connectivity index (χ3n) is 6.48. The summed E-state index contributed by atoms with van der Waals surface area (Å²) in [6.07, 6.45) is 11.2. The highest BCUT2D eigenvalue weighted by Gasteiger charge is 2.19. The molecule has 43 heavy (non-hydrogen) atoms. The molecular weight excluding hydrogens is 551 g/mol. The number of nitrogens with two attached hydrogens (primary N) is 1. The number of nitrogens with zero attached hydrogens (tertiary/aromatic N) is 5. The average Bonchev–Trinajstić information content (AvgIpc) is 3.42. The van der Waals surface area contributed by atoms with Crippen molar-refractivity contribution in [2.75, 3.05) is 34.7 Å². The van der Waals surface area contributed by atoms with Gasteiger partial charge in [-0.05, 0) is 56.4 Å². The summed E-state index contributed by atoms with van der Waals surface area (Å²) in [5, 5.41) is 4.08. The number of aryl methyl sites for hydroxylation is 1. The molecule has 1 fully saturated rings. The SMILES string of the molecule is C=C(C1CCCCC1)N(C)C.C=C(NC)c1nc2c(s1)CN(C)CC2.C=CC(N)=Nc1ccc(C)cn1.CC.CC(C)C. The summed E-state index contributed by atoms with van der Waals surface area (Å²) in [7, 11) is 8.22. The van der Waals surface area contributed by atoms with Crippen LogP contribution < -0.4 is 11.1 Å². The lowest BCUT2D eigenvalue weighted by atomic mass is 9.87. The van der Waals surface area contributed by atoms with Crippen LogP contribution in [0.4, 0.5) is 5.82 Å². The van der Waals surface area contributed by atoms with Gasteiger partial charge in [-0.2, -0.15) is 0 Å². The Morgan fingerprint density at radius 1 is 1.16 bits per heavy atom. The Hall–Kier alpha value is -2.97. The highest BCUT2D eigenvalue weighted by Crippen LogP contribution is 2.29. The topological polar surface area (TPSA) is 82.7 Å². The van der Waals surface area contributed by atoms with Gasteiger partial charge in [-0.1, -0.05) is 79.7 Å². The molecule has 0 bridgehead atoms. The van der Waals surface area contributed by atoms with Crippen molar-refractivity contribution in [3.8, 4) is 0 Å². The van der Waals surface area contributed by atoms with Crippen LogP contribution >= 0.6 is 11.3 Å². The van der Waals surface area contributed by atoms with Gasteiger partial charge in [0.05, 0.1) is 11.4 Å². The molecular formula is C35H61N7S. The van der Waals surface area contributed by atoms with Gasteiger partial charge in [0.15, 0.2) is 5.82 Å². The van der Waals surface area contributed by atoms with Crippen molar-refractivity contribution in [1.29, 1.82) is 0 Å². The minimum absolute atomic E-state index is 0.381. The maximum Gasteiger partial charge on any atom is 0.154 e. The second-order valence-corrected chi connectivity index (χ2v) is 12.6. The van der Waals surface area contributed by atoms with E-state index in [1.165, 1.54) is 54.4 Å². The number of nitrogens with one attached hydrogen (secondary N) is 1. The van der Waals surface area contributed by atoms with Crippen molar-refractivity contribution in [3.05, 3.63) is 71.0 Å². The van der Waals surface area contributed by atoms with Crippen LogP contribution in [0.3, 0.4) is 0 Å². The monoisotopic (exact) mass is 611 g/mol. The third kappa shape index (κ3) is 17.0. The Labute approximate surface area is 268 Å². The Bertz CT molecular complexity index is 1090. The summed E-state index contributed by atoms with van der Waals surface area (Å²) in [4.78, 5) is 18.5. The number of fused-ring (bicyclic) bond motifs is 1. The Morgan fingerprint density at radius 3 is 2.26 bits per heavy atom. The molecule has 1 aliphatic carbocycles. The molecule has 3 N–H and O–H groups in total. The van der Waals surface area contributed by atoms with Crippen LogP contribution in [0.15, 0.2) is 54.8 Å². The van der Waals surface area contributed by atoms with Crippen LogP contribution in [0.1, 0.15) is 87.9 Å². The zero-order valence-electron chi connectivity index (χ0n) is 29.0. The normalized spacial score (nSPS) is 14.5. The van der Waals surface area contributed by atoms with E-state index >= 15 is 0 Å². The highest BCUT2D eigenvalue weighted by atomic mass is 32.1. The van der Waals surface area contributed by atoms with Crippen LogP contribution in [-0.4, -0.2) is 60.3 Å². The predicted octanol–water partition coefficient (Wildman–Crippen LogP) is 8.22. The number of thiazole rings is 1. The molecule has 2 aromatic heterocycles. The van der Waals surface area contributed by atoms with Gasteiger partial charge in [-0.25, -0.2) is 15.0 Å². The number of rotatable bonds is 6. The van der Waals surface area contributed by atoms with Crippen LogP contribution in [0.5, 0.6) is 0 Å². The van der Waals surface area contributed by atoms with E-state index in [4.69, 9.17) is 5.73 Å². The van der Waals surface area contributed by atoms with E-state index in [0.717, 1.165) is 47.6 Å². The molecule has 2 aliphatic rings. The van der Waals surface area contributed by atoms with Gasteiger partial charge in [-0.15, -0.1) is 11.3 Å². The fraction of sp³-hybridized carbons (Fsp3) is 0.571. The molecule has 2 aromatic rings. The first kappa shape index (κ1) is 40.0. The molecule has 0 unspecified atom stereocenters. The van der Waals surface area contributed by atoms with Crippen LogP contribution in [-0.2, 0) is 13.0 Å². The summed E-state index contributed by atoms with van der Waals surface area (Å²) in [6, 6.07) is 3.74. The molecule has 7 nitrogen and oxygen atoms in total. The molecule has 0 aromatic carbocycles. The van der Waals surface area contributed by atoms with E-state index in [-0.39, 0.29) is 0 Å². The molecule has 0 radical (unpaired) electrons. The number of hydrogen-bond donors (Lipinski definition) is 2. The van der Waals surface area contributed by atoms with Gasteiger partial charge in [0.2, 0.25) is 0 Å². The first-order chi connectivity index (χ1) is 20.4. The minimum atomic E-state index is 0.381. The summed E-state index contributed by atoms with van der Waals surface area (Å²) >= 11 is 1.76. The quantitative estimate of drug-likeness (QED) is 0.253. The van der Waals surface area contributed by atoms with E-state index in [2.05, 4.69) is 91.7 Å². The summed E-state index contributed by atoms with van der Waals surface area (Å²) < 4.78 is 0. The average molecular weight is 612 g/mol. The van der Waals surface area contributed by atoms with Crippen LogP contribution in [0.2, 0.25) is 0 Å². The van der Waals surface area contributed by atoms with Crippen molar-refractivity contribution in [1.82, 2.24) is 25.1 Å². The maximum atomic E-state index is 5.43. The number of likely N-dealkylation sites (N-methyl/N-ethyl adjacent to an activating group) is 1. The number of aliphatic imine (C=N–C) groups is 1. The third-order valence-corrected chi connectivity index (χ3v) is 7.62. The number of aromatic nitrogens is 2. The molecule has 0 saturated heterocycles. The summed E-state index contributed by atoms with van der Waals surface area (Å²) in [5.41, 5.74) is 10.0. The lowest BCUT2D eigenvalue weighted by molar-refractivity contribution is 0.314. The second-order valence-electron chi connectivity index (χ2n) is 11.5. The zero-order chi connectivity index (χ0) is 32.9. The van der Waals surface area contributed by atoms with E-state index in [0.29, 0.717) is 11.7 Å². The fourth-order valence-corrected chi connectivity index (χ4v) is 5.23. The van der Waals surface area contributed by atoms with Gasteiger partial charge in [-0.3, -0.25) is 0 Å². The number of allylic oxidation sites excluding steroid dienone is 1. The van der Waals surface area contributed by atoms with E-state index in [1.807, 2.05) is 40.0 Å². The number of hydrogen-bond acceptors (Lipinski definition) is 7. The van der Waals surface area contributed by atoms with E-state index in [1.54, 1.807) is 17.5 Å². The van der Waals surface area contributed by atoms with Gasteiger partial charge >= 0.3 is 0 Å². The number of amidine groups is 1. The highest BCUT2D eigenvalue weighted by molar-refractivity contribution is 7.12. The van der Waals surface area contributed by atoms with Crippen molar-refractivity contribution < 1.29 is 0 Å². The second kappa shape index (κ2) is 22.6. The van der Waals surface area contributed by atoms with Crippen molar-refractivity contribution in [2.24, 2.45) is 22.6 Å². The van der Waals surface area contributed by atoms with Gasteiger partial charge in [0.25, 0.3) is 0 Å². The lowest BCUT2D eigenvalue weighted by Gasteiger charge is -2.28. The maximum absolute atomic E-state index is 5.43. The molecule has 3 heterocycles. The number of pyridine rings is 1. The summed E-state index contributed by atoms with van der Waals surface area (Å²) in [6.45, 7) is 26.1. The Balaban J connectivity index is 0.000000567. The minimum Gasteiger partial charge on any atom is -0.386 e.